The Morgan fingerprint density at radius 2 is 1.79 bits per heavy atom. The number of nitrogens with zero attached hydrogens (tertiary/aromatic N) is 6. The van der Waals surface area contributed by atoms with E-state index in [0.29, 0.717) is 17.7 Å². The van der Waals surface area contributed by atoms with Crippen molar-refractivity contribution in [2.75, 3.05) is 31.1 Å². The highest BCUT2D eigenvalue weighted by atomic mass is 35.5. The Morgan fingerprint density at radius 3 is 2.39 bits per heavy atom. The number of fused-ring (bicyclic) bond motifs is 1. The van der Waals surface area contributed by atoms with Gasteiger partial charge in [-0.25, -0.2) is 4.98 Å². The number of hydrogen-bond acceptors (Lipinski definition) is 7. The molecule has 3 aromatic rings. The molecular weight excluding hydrogens is 376 g/mol. The van der Waals surface area contributed by atoms with E-state index in [0.717, 1.165) is 60.6 Å². The summed E-state index contributed by atoms with van der Waals surface area (Å²) in [6, 6.07) is 7.67. The highest BCUT2D eigenvalue weighted by Crippen LogP contribution is 2.33. The fraction of sp³-hybridized carbons (Fsp3) is 0.400. The van der Waals surface area contributed by atoms with Crippen LogP contribution in [0.2, 0.25) is 5.02 Å². The molecule has 8 heteroatoms. The largest absolute Gasteiger partial charge is 0.355 e. The first-order valence-corrected chi connectivity index (χ1v) is 9.86. The van der Waals surface area contributed by atoms with Crippen LogP contribution in [0.15, 0.2) is 41.2 Å². The van der Waals surface area contributed by atoms with Gasteiger partial charge in [0, 0.05) is 43.7 Å². The molecule has 2 unspecified atom stereocenters. The molecule has 1 aromatic carbocycles. The fourth-order valence-electron chi connectivity index (χ4n) is 4.27. The van der Waals surface area contributed by atoms with Crippen LogP contribution in [0.3, 0.4) is 0 Å². The Hall–Kier alpha value is -2.51. The molecule has 0 bridgehead atoms. The molecule has 0 amide bonds. The van der Waals surface area contributed by atoms with Crippen molar-refractivity contribution in [1.29, 1.82) is 0 Å². The molecule has 2 atom stereocenters. The van der Waals surface area contributed by atoms with Gasteiger partial charge in [-0.1, -0.05) is 28.9 Å². The van der Waals surface area contributed by atoms with Crippen molar-refractivity contribution in [2.24, 2.45) is 11.8 Å². The summed E-state index contributed by atoms with van der Waals surface area (Å²) >= 11 is 5.96. The second-order valence-corrected chi connectivity index (χ2v) is 8.05. The van der Waals surface area contributed by atoms with Gasteiger partial charge in [-0.3, -0.25) is 9.88 Å². The maximum Gasteiger partial charge on any atom is 0.223 e. The number of anilines is 1. The first-order valence-electron chi connectivity index (χ1n) is 9.48. The Morgan fingerprint density at radius 1 is 1.04 bits per heavy atom. The molecule has 0 radical (unpaired) electrons. The zero-order chi connectivity index (χ0) is 19.1. The maximum atomic E-state index is 5.96. The predicted molar refractivity (Wildman–Crippen MR) is 106 cm³/mol. The number of likely N-dealkylation sites (tertiary alicyclic amines) is 1. The SMILES string of the molecule is Cc1nc(CN2CC3CN(c4cnc(-c5ccc(Cl)cc5)cn4)CC3C2)no1. The van der Waals surface area contributed by atoms with Crippen molar-refractivity contribution >= 4 is 17.4 Å². The number of aryl methyl sites for hydroxylation is 1. The van der Waals surface area contributed by atoms with Crippen LogP contribution in [0.1, 0.15) is 11.7 Å². The third-order valence-corrected chi connectivity index (χ3v) is 5.85. The molecule has 4 heterocycles. The summed E-state index contributed by atoms with van der Waals surface area (Å²) in [5.74, 6) is 3.64. The number of rotatable bonds is 4. The molecule has 0 N–H and O–H groups in total. The maximum absolute atomic E-state index is 5.96. The summed E-state index contributed by atoms with van der Waals surface area (Å²) in [4.78, 5) is 18.4. The van der Waals surface area contributed by atoms with Gasteiger partial charge in [-0.05, 0) is 24.0 Å². The Labute approximate surface area is 168 Å². The molecule has 7 nitrogen and oxygen atoms in total. The van der Waals surface area contributed by atoms with Crippen molar-refractivity contribution in [2.45, 2.75) is 13.5 Å². The molecule has 5 rings (SSSR count). The lowest BCUT2D eigenvalue weighted by Gasteiger charge is -2.21. The van der Waals surface area contributed by atoms with Crippen LogP contribution >= 0.6 is 11.6 Å². The monoisotopic (exact) mass is 396 g/mol. The molecule has 2 fully saturated rings. The van der Waals surface area contributed by atoms with Crippen LogP contribution in [0.25, 0.3) is 11.3 Å². The molecular formula is C20H21ClN6O. The lowest BCUT2D eigenvalue weighted by atomic mass is 10.0. The standard InChI is InChI=1S/C20H21ClN6O/c1-13-24-19(25-28-13)12-26-8-15-10-27(11-16(15)9-26)20-7-22-18(6-23-20)14-2-4-17(21)5-3-14/h2-7,15-16H,8-12H2,1H3. The first kappa shape index (κ1) is 17.6. The first-order chi connectivity index (χ1) is 13.6. The summed E-state index contributed by atoms with van der Waals surface area (Å²) in [5.41, 5.74) is 1.88. The molecule has 2 aliphatic rings. The lowest BCUT2D eigenvalue weighted by Crippen LogP contribution is -2.29. The number of benzene rings is 1. The average molecular weight is 397 g/mol. The molecule has 28 heavy (non-hydrogen) atoms. The van der Waals surface area contributed by atoms with Crippen LogP contribution in [0, 0.1) is 18.8 Å². The van der Waals surface area contributed by atoms with Crippen LogP contribution < -0.4 is 4.90 Å². The summed E-state index contributed by atoms with van der Waals surface area (Å²) in [5, 5.41) is 4.73. The van der Waals surface area contributed by atoms with Gasteiger partial charge in [-0.2, -0.15) is 4.98 Å². The highest BCUT2D eigenvalue weighted by molar-refractivity contribution is 6.30. The van der Waals surface area contributed by atoms with Crippen LogP contribution in [-0.2, 0) is 6.54 Å². The smallest absolute Gasteiger partial charge is 0.223 e. The molecule has 2 aliphatic heterocycles. The Kier molecular flexibility index (Phi) is 4.49. The summed E-state index contributed by atoms with van der Waals surface area (Å²) in [6.45, 7) is 6.74. The third kappa shape index (κ3) is 3.47. The van der Waals surface area contributed by atoms with E-state index >= 15 is 0 Å². The van der Waals surface area contributed by atoms with Crippen molar-refractivity contribution in [3.05, 3.63) is 53.4 Å². The van der Waals surface area contributed by atoms with Crippen LogP contribution in [-0.4, -0.2) is 51.2 Å². The Balaban J connectivity index is 1.21. The number of hydrogen-bond donors (Lipinski definition) is 0. The van der Waals surface area contributed by atoms with Gasteiger partial charge in [0.15, 0.2) is 5.82 Å². The minimum absolute atomic E-state index is 0.626. The normalized spacial score (nSPS) is 22.0. The van der Waals surface area contributed by atoms with Gasteiger partial charge in [-0.15, -0.1) is 0 Å². The van der Waals surface area contributed by atoms with Gasteiger partial charge in [0.25, 0.3) is 0 Å². The fourth-order valence-corrected chi connectivity index (χ4v) is 4.39. The minimum atomic E-state index is 0.626. The molecule has 0 saturated carbocycles. The number of aromatic nitrogens is 4. The van der Waals surface area contributed by atoms with Gasteiger partial charge in [0.1, 0.15) is 5.82 Å². The summed E-state index contributed by atoms with van der Waals surface area (Å²) in [6.07, 6.45) is 3.72. The van der Waals surface area contributed by atoms with E-state index in [1.807, 2.05) is 43.6 Å². The second-order valence-electron chi connectivity index (χ2n) is 7.62. The van der Waals surface area contributed by atoms with E-state index in [2.05, 4.69) is 29.9 Å². The number of halogens is 1. The van der Waals surface area contributed by atoms with Crippen LogP contribution in [0.5, 0.6) is 0 Å². The highest BCUT2D eigenvalue weighted by Gasteiger charge is 2.40. The lowest BCUT2D eigenvalue weighted by molar-refractivity contribution is 0.292. The van der Waals surface area contributed by atoms with E-state index in [4.69, 9.17) is 16.1 Å². The minimum Gasteiger partial charge on any atom is -0.355 e. The van der Waals surface area contributed by atoms with E-state index < -0.39 is 0 Å². The van der Waals surface area contributed by atoms with Gasteiger partial charge < -0.3 is 9.42 Å². The third-order valence-electron chi connectivity index (χ3n) is 5.60. The van der Waals surface area contributed by atoms with Crippen molar-refractivity contribution in [1.82, 2.24) is 25.0 Å². The van der Waals surface area contributed by atoms with Gasteiger partial charge in [0.05, 0.1) is 24.6 Å². The molecule has 144 valence electrons. The van der Waals surface area contributed by atoms with E-state index in [1.165, 1.54) is 0 Å². The zero-order valence-corrected chi connectivity index (χ0v) is 16.4. The molecule has 2 saturated heterocycles. The molecule has 2 aromatic heterocycles. The van der Waals surface area contributed by atoms with Crippen molar-refractivity contribution in [3.8, 4) is 11.3 Å². The second kappa shape index (κ2) is 7.14. The van der Waals surface area contributed by atoms with E-state index in [-0.39, 0.29) is 0 Å². The van der Waals surface area contributed by atoms with Gasteiger partial charge >= 0.3 is 0 Å². The quantitative estimate of drug-likeness (QED) is 0.671. The average Bonchev–Trinajstić information content (AvgIpc) is 3.38. The van der Waals surface area contributed by atoms with E-state index in [9.17, 15) is 0 Å². The zero-order valence-electron chi connectivity index (χ0n) is 15.6. The predicted octanol–water partition coefficient (Wildman–Crippen LogP) is 3.06. The van der Waals surface area contributed by atoms with Crippen LogP contribution in [0.4, 0.5) is 5.82 Å². The van der Waals surface area contributed by atoms with E-state index in [1.54, 1.807) is 0 Å². The topological polar surface area (TPSA) is 71.2 Å². The summed E-state index contributed by atoms with van der Waals surface area (Å²) < 4.78 is 5.07. The van der Waals surface area contributed by atoms with Gasteiger partial charge in [0.2, 0.25) is 5.89 Å². The molecule has 0 spiro atoms. The van der Waals surface area contributed by atoms with Crippen molar-refractivity contribution in [3.63, 3.8) is 0 Å². The van der Waals surface area contributed by atoms with Crippen molar-refractivity contribution < 1.29 is 4.52 Å². The Bertz CT molecular complexity index is 944. The summed E-state index contributed by atoms with van der Waals surface area (Å²) in [7, 11) is 0. The molecule has 0 aliphatic carbocycles.